The standard InChI is InChI=1S/C15H20N2O/c1-18-15-7-6-13(9-16)8-14(15)11-17-10-12-4-2-3-5-12/h6-8,12,17H,2-5,10-11H2,1H3. The Morgan fingerprint density at radius 2 is 2.17 bits per heavy atom. The molecule has 1 aliphatic rings. The van der Waals surface area contributed by atoms with Crippen LogP contribution in [0.15, 0.2) is 18.2 Å². The zero-order chi connectivity index (χ0) is 12.8. The molecule has 0 bridgehead atoms. The lowest BCUT2D eigenvalue weighted by atomic mass is 10.1. The molecular formula is C15H20N2O. The molecule has 1 aromatic rings. The van der Waals surface area contributed by atoms with Gasteiger partial charge in [0, 0.05) is 12.1 Å². The fraction of sp³-hybridized carbons (Fsp3) is 0.533. The van der Waals surface area contributed by atoms with Gasteiger partial charge in [0.25, 0.3) is 0 Å². The van der Waals surface area contributed by atoms with Gasteiger partial charge in [0.1, 0.15) is 5.75 Å². The molecule has 0 radical (unpaired) electrons. The first-order valence-corrected chi connectivity index (χ1v) is 6.61. The second-order valence-electron chi connectivity index (χ2n) is 4.92. The van der Waals surface area contributed by atoms with Gasteiger partial charge in [0.05, 0.1) is 18.7 Å². The van der Waals surface area contributed by atoms with Crippen molar-refractivity contribution in [2.75, 3.05) is 13.7 Å². The van der Waals surface area contributed by atoms with E-state index in [-0.39, 0.29) is 0 Å². The summed E-state index contributed by atoms with van der Waals surface area (Å²) in [5.74, 6) is 1.68. The summed E-state index contributed by atoms with van der Waals surface area (Å²) in [4.78, 5) is 0. The number of nitrogens with one attached hydrogen (secondary N) is 1. The van der Waals surface area contributed by atoms with Gasteiger partial charge in [-0.2, -0.15) is 5.26 Å². The van der Waals surface area contributed by atoms with Crippen molar-refractivity contribution in [2.45, 2.75) is 32.2 Å². The highest BCUT2D eigenvalue weighted by atomic mass is 16.5. The number of nitriles is 1. The number of rotatable bonds is 5. The Balaban J connectivity index is 1.92. The Morgan fingerprint density at radius 3 is 2.83 bits per heavy atom. The summed E-state index contributed by atoms with van der Waals surface area (Å²) < 4.78 is 5.32. The highest BCUT2D eigenvalue weighted by molar-refractivity contribution is 5.41. The molecule has 0 atom stereocenters. The average Bonchev–Trinajstić information content (AvgIpc) is 2.92. The van der Waals surface area contributed by atoms with Gasteiger partial charge in [-0.1, -0.05) is 12.8 Å². The molecule has 18 heavy (non-hydrogen) atoms. The van der Waals surface area contributed by atoms with Crippen molar-refractivity contribution in [3.63, 3.8) is 0 Å². The molecule has 3 nitrogen and oxygen atoms in total. The fourth-order valence-corrected chi connectivity index (χ4v) is 2.61. The fourth-order valence-electron chi connectivity index (χ4n) is 2.61. The monoisotopic (exact) mass is 244 g/mol. The third-order valence-corrected chi connectivity index (χ3v) is 3.63. The first kappa shape index (κ1) is 12.9. The highest BCUT2D eigenvalue weighted by Gasteiger charge is 2.14. The Kier molecular flexibility index (Phi) is 4.60. The van der Waals surface area contributed by atoms with E-state index < -0.39 is 0 Å². The van der Waals surface area contributed by atoms with Crippen molar-refractivity contribution in [3.05, 3.63) is 29.3 Å². The summed E-state index contributed by atoms with van der Waals surface area (Å²) >= 11 is 0. The van der Waals surface area contributed by atoms with Crippen LogP contribution in [0.25, 0.3) is 0 Å². The summed E-state index contributed by atoms with van der Waals surface area (Å²) in [6.07, 6.45) is 5.45. The van der Waals surface area contributed by atoms with Crippen molar-refractivity contribution in [3.8, 4) is 11.8 Å². The van der Waals surface area contributed by atoms with E-state index in [0.717, 1.165) is 30.3 Å². The molecule has 0 heterocycles. The molecule has 1 N–H and O–H groups in total. The molecule has 1 saturated carbocycles. The summed E-state index contributed by atoms with van der Waals surface area (Å²) in [5, 5.41) is 12.4. The van der Waals surface area contributed by atoms with Crippen molar-refractivity contribution < 1.29 is 4.74 Å². The SMILES string of the molecule is COc1ccc(C#N)cc1CNCC1CCCC1. The Hall–Kier alpha value is -1.53. The van der Waals surface area contributed by atoms with Crippen LogP contribution in [-0.2, 0) is 6.54 Å². The quantitative estimate of drug-likeness (QED) is 0.866. The maximum absolute atomic E-state index is 8.91. The molecular weight excluding hydrogens is 224 g/mol. The number of methoxy groups -OCH3 is 1. The van der Waals surface area contributed by atoms with Crippen molar-refractivity contribution in [2.24, 2.45) is 5.92 Å². The van der Waals surface area contributed by atoms with Crippen LogP contribution < -0.4 is 10.1 Å². The third-order valence-electron chi connectivity index (χ3n) is 3.63. The van der Waals surface area contributed by atoms with Gasteiger partial charge in [-0.25, -0.2) is 0 Å². The van der Waals surface area contributed by atoms with Gasteiger partial charge in [-0.15, -0.1) is 0 Å². The second kappa shape index (κ2) is 6.42. The van der Waals surface area contributed by atoms with Gasteiger partial charge in [-0.3, -0.25) is 0 Å². The predicted octanol–water partition coefficient (Wildman–Crippen LogP) is 2.85. The van der Waals surface area contributed by atoms with E-state index in [1.165, 1.54) is 25.7 Å². The molecule has 1 fully saturated rings. The van der Waals surface area contributed by atoms with Crippen LogP contribution >= 0.6 is 0 Å². The van der Waals surface area contributed by atoms with Gasteiger partial charge in [0.15, 0.2) is 0 Å². The van der Waals surface area contributed by atoms with Gasteiger partial charge >= 0.3 is 0 Å². The number of nitrogens with zero attached hydrogens (tertiary/aromatic N) is 1. The lowest BCUT2D eigenvalue weighted by molar-refractivity contribution is 0.405. The predicted molar refractivity (Wildman–Crippen MR) is 71.4 cm³/mol. The minimum atomic E-state index is 0.688. The number of hydrogen-bond donors (Lipinski definition) is 1. The van der Waals surface area contributed by atoms with Crippen LogP contribution in [0, 0.1) is 17.2 Å². The highest BCUT2D eigenvalue weighted by Crippen LogP contribution is 2.24. The zero-order valence-corrected chi connectivity index (χ0v) is 10.9. The Bertz CT molecular complexity index is 431. The third kappa shape index (κ3) is 3.24. The summed E-state index contributed by atoms with van der Waals surface area (Å²) in [6.45, 7) is 1.84. The first-order valence-electron chi connectivity index (χ1n) is 6.61. The number of benzene rings is 1. The lowest BCUT2D eigenvalue weighted by Crippen LogP contribution is -2.21. The van der Waals surface area contributed by atoms with Crippen molar-refractivity contribution in [1.29, 1.82) is 5.26 Å². The normalized spacial score (nSPS) is 15.6. The van der Waals surface area contributed by atoms with Crippen molar-refractivity contribution >= 4 is 0 Å². The summed E-state index contributed by atoms with van der Waals surface area (Å²) in [6, 6.07) is 7.73. The molecule has 3 heteroatoms. The summed E-state index contributed by atoms with van der Waals surface area (Å²) in [5.41, 5.74) is 1.75. The Morgan fingerprint density at radius 1 is 1.39 bits per heavy atom. The minimum absolute atomic E-state index is 0.688. The van der Waals surface area contributed by atoms with Crippen molar-refractivity contribution in [1.82, 2.24) is 5.32 Å². The second-order valence-corrected chi connectivity index (χ2v) is 4.92. The molecule has 0 unspecified atom stereocenters. The van der Waals surface area contributed by atoms with E-state index in [4.69, 9.17) is 10.00 Å². The molecule has 1 aliphatic carbocycles. The average molecular weight is 244 g/mol. The van der Waals surface area contributed by atoms with Crippen LogP contribution in [0.4, 0.5) is 0 Å². The largest absolute Gasteiger partial charge is 0.496 e. The number of hydrogen-bond acceptors (Lipinski definition) is 3. The van der Waals surface area contributed by atoms with E-state index in [9.17, 15) is 0 Å². The lowest BCUT2D eigenvalue weighted by Gasteiger charge is -2.13. The molecule has 0 aliphatic heterocycles. The molecule has 0 saturated heterocycles. The van der Waals surface area contributed by atoms with Gasteiger partial charge < -0.3 is 10.1 Å². The van der Waals surface area contributed by atoms with E-state index in [2.05, 4.69) is 11.4 Å². The van der Waals surface area contributed by atoms with E-state index in [1.807, 2.05) is 12.1 Å². The molecule has 2 rings (SSSR count). The topological polar surface area (TPSA) is 45.0 Å². The van der Waals surface area contributed by atoms with Crippen LogP contribution in [0.1, 0.15) is 36.8 Å². The molecule has 96 valence electrons. The van der Waals surface area contributed by atoms with E-state index in [1.54, 1.807) is 13.2 Å². The minimum Gasteiger partial charge on any atom is -0.496 e. The van der Waals surface area contributed by atoms with E-state index >= 15 is 0 Å². The van der Waals surface area contributed by atoms with E-state index in [0.29, 0.717) is 5.56 Å². The maximum atomic E-state index is 8.91. The van der Waals surface area contributed by atoms with Crippen LogP contribution in [0.5, 0.6) is 5.75 Å². The Labute approximate surface area is 109 Å². The first-order chi connectivity index (χ1) is 8.83. The van der Waals surface area contributed by atoms with Gasteiger partial charge in [-0.05, 0) is 43.5 Å². The van der Waals surface area contributed by atoms with Gasteiger partial charge in [0.2, 0.25) is 0 Å². The smallest absolute Gasteiger partial charge is 0.123 e. The zero-order valence-electron chi connectivity index (χ0n) is 10.9. The molecule has 0 amide bonds. The molecule has 1 aromatic carbocycles. The van der Waals surface area contributed by atoms with Crippen LogP contribution in [0.3, 0.4) is 0 Å². The number of ether oxygens (including phenoxy) is 1. The van der Waals surface area contributed by atoms with Crippen LogP contribution in [0.2, 0.25) is 0 Å². The summed E-state index contributed by atoms with van der Waals surface area (Å²) in [7, 11) is 1.67. The molecule has 0 spiro atoms. The maximum Gasteiger partial charge on any atom is 0.123 e. The van der Waals surface area contributed by atoms with Crippen LogP contribution in [-0.4, -0.2) is 13.7 Å². The molecule has 0 aromatic heterocycles.